The Morgan fingerprint density at radius 3 is 1.94 bits per heavy atom. The van der Waals surface area contributed by atoms with Crippen LogP contribution in [0.3, 0.4) is 0 Å². The van der Waals surface area contributed by atoms with Crippen molar-refractivity contribution >= 4 is 24.3 Å². The van der Waals surface area contributed by atoms with Crippen LogP contribution in [0.25, 0.3) is 34.5 Å². The van der Waals surface area contributed by atoms with Crippen molar-refractivity contribution in [3.63, 3.8) is 0 Å². The van der Waals surface area contributed by atoms with Crippen LogP contribution in [0, 0.1) is 0 Å². The molecule has 0 bridgehead atoms. The number of carbonyl (C=O) groups is 2. The van der Waals surface area contributed by atoms with E-state index in [1.807, 2.05) is 84.2 Å². The molecule has 2 amide bonds. The van der Waals surface area contributed by atoms with Gasteiger partial charge in [0, 0.05) is 18.7 Å². The Balaban J connectivity index is 1.18. The highest BCUT2D eigenvalue weighted by atomic mass is 16.6. The summed E-state index contributed by atoms with van der Waals surface area (Å²) in [6, 6.07) is 16.4. The minimum atomic E-state index is -0.552. The largest absolute Gasteiger partial charge is 0.444 e. The summed E-state index contributed by atoms with van der Waals surface area (Å²) in [7, 11) is 0. The third-order valence-corrected chi connectivity index (χ3v) is 8.72. The second kappa shape index (κ2) is 14.4. The molecule has 6 rings (SSSR count). The van der Waals surface area contributed by atoms with Gasteiger partial charge in [-0.25, -0.2) is 19.6 Å². The van der Waals surface area contributed by atoms with Gasteiger partial charge in [0.15, 0.2) is 0 Å². The van der Waals surface area contributed by atoms with Crippen molar-refractivity contribution in [2.45, 2.75) is 90.5 Å². The normalized spacial score (nSPS) is 18.4. The molecular weight excluding hydrogens is 628 g/mol. The predicted octanol–water partition coefficient (Wildman–Crippen LogP) is 9.34. The predicted molar refractivity (Wildman–Crippen MR) is 196 cm³/mol. The van der Waals surface area contributed by atoms with Crippen LogP contribution in [-0.2, 0) is 9.47 Å². The second-order valence-electron chi connectivity index (χ2n) is 15.0. The van der Waals surface area contributed by atoms with E-state index in [0.717, 1.165) is 71.0 Å². The quantitative estimate of drug-likeness (QED) is 0.189. The molecule has 2 atom stereocenters. The van der Waals surface area contributed by atoms with Gasteiger partial charge in [0.05, 0.1) is 35.9 Å². The number of carbonyl (C=O) groups excluding carboxylic acids is 2. The van der Waals surface area contributed by atoms with Gasteiger partial charge in [0.25, 0.3) is 0 Å². The molecule has 2 aromatic heterocycles. The highest BCUT2D eigenvalue weighted by Gasteiger charge is 2.36. The van der Waals surface area contributed by atoms with Gasteiger partial charge in [-0.05, 0) is 96.1 Å². The molecule has 2 fully saturated rings. The fraction of sp³-hybridized carbons (Fsp3) is 0.400. The zero-order valence-electron chi connectivity index (χ0n) is 29.9. The number of rotatable bonds is 7. The van der Waals surface area contributed by atoms with Gasteiger partial charge in [-0.3, -0.25) is 9.80 Å². The number of aromatic amines is 2. The lowest BCUT2D eigenvalue weighted by Crippen LogP contribution is -2.36. The van der Waals surface area contributed by atoms with Crippen LogP contribution in [-0.4, -0.2) is 66.2 Å². The number of hydrogen-bond acceptors (Lipinski definition) is 6. The summed E-state index contributed by atoms with van der Waals surface area (Å²) in [5, 5.41) is 0. The summed E-state index contributed by atoms with van der Waals surface area (Å²) >= 11 is 0. The summed E-state index contributed by atoms with van der Waals surface area (Å²) < 4.78 is 11.3. The maximum absolute atomic E-state index is 12.9. The summed E-state index contributed by atoms with van der Waals surface area (Å²) in [6.45, 7) is 12.6. The molecule has 0 spiro atoms. The Bertz CT molecular complexity index is 1860. The van der Waals surface area contributed by atoms with E-state index in [1.165, 1.54) is 0 Å². The Morgan fingerprint density at radius 2 is 1.32 bits per heavy atom. The maximum atomic E-state index is 12.9. The standard InChI is InChI=1S/C40H48N6O4/c1-39(2,3)49-37(47)45-22-12-18-33(45)35-41-25-30(43-35)17-11-10-16-28-20-21-29(24-31(28)27-14-8-7-9-15-27)32-26-42-36(44-32)34-19-13-23-46(34)38(48)50-40(4,5)6/h7-11,14-17,20-21,24-26,33-34H,12-13,18-19,22-23H2,1-6H3,(H,41,43)(H,42,44)/t33-,34-/m0/s1. The highest BCUT2D eigenvalue weighted by Crippen LogP contribution is 2.35. The van der Waals surface area contributed by atoms with Crippen molar-refractivity contribution in [2.75, 3.05) is 13.1 Å². The molecule has 10 nitrogen and oxygen atoms in total. The first-order chi connectivity index (χ1) is 23.8. The van der Waals surface area contributed by atoms with E-state index in [4.69, 9.17) is 14.5 Å². The average molecular weight is 677 g/mol. The van der Waals surface area contributed by atoms with Crippen molar-refractivity contribution in [3.8, 4) is 22.4 Å². The number of likely N-dealkylation sites (tertiary alicyclic amines) is 2. The smallest absolute Gasteiger partial charge is 0.410 e. The molecule has 262 valence electrons. The van der Waals surface area contributed by atoms with Gasteiger partial charge < -0.3 is 19.4 Å². The summed E-state index contributed by atoms with van der Waals surface area (Å²) in [4.78, 5) is 45.4. The number of nitrogens with zero attached hydrogens (tertiary/aromatic N) is 4. The maximum Gasteiger partial charge on any atom is 0.410 e. The molecule has 50 heavy (non-hydrogen) atoms. The lowest BCUT2D eigenvalue weighted by molar-refractivity contribution is 0.0208. The summed E-state index contributed by atoms with van der Waals surface area (Å²) in [5.41, 5.74) is 4.94. The molecule has 0 aliphatic carbocycles. The van der Waals surface area contributed by atoms with E-state index in [2.05, 4.69) is 51.4 Å². The van der Waals surface area contributed by atoms with E-state index < -0.39 is 11.2 Å². The zero-order chi connectivity index (χ0) is 35.5. The van der Waals surface area contributed by atoms with E-state index >= 15 is 0 Å². The molecule has 2 aromatic carbocycles. The Hall–Kier alpha value is -5.12. The van der Waals surface area contributed by atoms with Crippen LogP contribution in [0.5, 0.6) is 0 Å². The number of hydrogen-bond donors (Lipinski definition) is 2. The van der Waals surface area contributed by atoms with Gasteiger partial charge in [-0.1, -0.05) is 60.7 Å². The zero-order valence-corrected chi connectivity index (χ0v) is 29.9. The van der Waals surface area contributed by atoms with Gasteiger partial charge in [-0.2, -0.15) is 0 Å². The van der Waals surface area contributed by atoms with Gasteiger partial charge in [0.2, 0.25) is 0 Å². The molecule has 0 unspecified atom stereocenters. The monoisotopic (exact) mass is 676 g/mol. The van der Waals surface area contributed by atoms with Gasteiger partial charge in [-0.15, -0.1) is 0 Å². The Morgan fingerprint density at radius 1 is 0.740 bits per heavy atom. The van der Waals surface area contributed by atoms with Crippen LogP contribution < -0.4 is 0 Å². The number of aromatic nitrogens is 4. The highest BCUT2D eigenvalue weighted by molar-refractivity contribution is 5.80. The molecule has 2 saturated heterocycles. The third-order valence-electron chi connectivity index (χ3n) is 8.72. The van der Waals surface area contributed by atoms with E-state index in [0.29, 0.717) is 13.1 Å². The minimum Gasteiger partial charge on any atom is -0.444 e. The first-order valence-corrected chi connectivity index (χ1v) is 17.5. The lowest BCUT2D eigenvalue weighted by Gasteiger charge is -2.27. The van der Waals surface area contributed by atoms with Crippen molar-refractivity contribution < 1.29 is 19.1 Å². The molecule has 2 N–H and O–H groups in total. The molecule has 4 heterocycles. The summed E-state index contributed by atoms with van der Waals surface area (Å²) in [6.07, 6.45) is 14.6. The van der Waals surface area contributed by atoms with Crippen LogP contribution in [0.4, 0.5) is 9.59 Å². The number of amides is 2. The molecular formula is C40H48N6O4. The number of benzene rings is 2. The number of ether oxygens (including phenoxy) is 2. The lowest BCUT2D eigenvalue weighted by atomic mass is 9.96. The topological polar surface area (TPSA) is 116 Å². The Labute approximate surface area is 294 Å². The van der Waals surface area contributed by atoms with E-state index in [-0.39, 0.29) is 24.3 Å². The number of nitrogens with one attached hydrogen (secondary N) is 2. The molecule has 2 aliphatic heterocycles. The fourth-order valence-corrected chi connectivity index (χ4v) is 6.49. The van der Waals surface area contributed by atoms with Crippen LogP contribution in [0.1, 0.15) is 102 Å². The number of allylic oxidation sites excluding steroid dienone is 2. The van der Waals surface area contributed by atoms with Gasteiger partial charge in [0.1, 0.15) is 22.9 Å². The number of imidazole rings is 2. The second-order valence-corrected chi connectivity index (χ2v) is 15.0. The number of H-pyrrole nitrogens is 2. The first-order valence-electron chi connectivity index (χ1n) is 17.5. The molecule has 0 radical (unpaired) electrons. The Kier molecular flexibility index (Phi) is 10.00. The third kappa shape index (κ3) is 8.35. The van der Waals surface area contributed by atoms with Gasteiger partial charge >= 0.3 is 12.2 Å². The van der Waals surface area contributed by atoms with Crippen molar-refractivity contribution in [2.24, 2.45) is 0 Å². The van der Waals surface area contributed by atoms with E-state index in [1.54, 1.807) is 16.0 Å². The fourth-order valence-electron chi connectivity index (χ4n) is 6.49. The van der Waals surface area contributed by atoms with Crippen molar-refractivity contribution in [3.05, 3.63) is 96.0 Å². The summed E-state index contributed by atoms with van der Waals surface area (Å²) in [5.74, 6) is 1.54. The molecule has 0 saturated carbocycles. The van der Waals surface area contributed by atoms with Crippen LogP contribution in [0.2, 0.25) is 0 Å². The van der Waals surface area contributed by atoms with Crippen molar-refractivity contribution in [1.82, 2.24) is 29.7 Å². The first kappa shape index (κ1) is 34.7. The average Bonchev–Trinajstić information content (AvgIpc) is 3.88. The molecule has 4 aromatic rings. The van der Waals surface area contributed by atoms with Crippen molar-refractivity contribution in [1.29, 1.82) is 0 Å². The SMILES string of the molecule is CC(C)(C)OC(=O)N1CCC[C@H]1c1ncc(C=CC=Cc2ccc(-c3cnc([C@@H]4CCCN4C(=O)OC(C)(C)C)[nH]3)cc2-c2ccccc2)[nH]1. The van der Waals surface area contributed by atoms with Crippen LogP contribution in [0.15, 0.2) is 73.1 Å². The molecule has 10 heteroatoms. The minimum absolute atomic E-state index is 0.123. The van der Waals surface area contributed by atoms with Crippen LogP contribution >= 0.6 is 0 Å². The van der Waals surface area contributed by atoms with E-state index in [9.17, 15) is 9.59 Å². The molecule has 2 aliphatic rings.